The highest BCUT2D eigenvalue weighted by Crippen LogP contribution is 2.16. The molecule has 0 aliphatic rings. The fraction of sp³-hybridized carbons (Fsp3) is 0. The maximum Gasteiger partial charge on any atom is 0.280 e. The third-order valence-corrected chi connectivity index (χ3v) is 3.94. The van der Waals surface area contributed by atoms with Crippen molar-refractivity contribution in [3.8, 4) is 11.3 Å². The minimum absolute atomic E-state index is 0.172. The van der Waals surface area contributed by atoms with E-state index in [-0.39, 0.29) is 5.91 Å². The fourth-order valence-corrected chi connectivity index (χ4v) is 2.64. The van der Waals surface area contributed by atoms with E-state index in [1.165, 1.54) is 16.0 Å². The predicted molar refractivity (Wildman–Crippen MR) is 83.1 cm³/mol. The molecule has 0 saturated heterocycles. The van der Waals surface area contributed by atoms with Gasteiger partial charge in [-0.2, -0.15) is 0 Å². The van der Waals surface area contributed by atoms with Gasteiger partial charge in [0.05, 0.1) is 16.8 Å². The number of carbonyl (C=O) groups is 1. The van der Waals surface area contributed by atoms with Crippen molar-refractivity contribution in [1.82, 2.24) is 9.66 Å². The number of nitrogens with one attached hydrogen (secondary N) is 2. The lowest BCUT2D eigenvalue weighted by Crippen LogP contribution is -2.21. The van der Waals surface area contributed by atoms with Gasteiger partial charge in [0, 0.05) is 0 Å². The Bertz CT molecular complexity index is 772. The number of benzene rings is 1. The van der Waals surface area contributed by atoms with Crippen LogP contribution in [0.5, 0.6) is 0 Å². The smallest absolute Gasteiger partial charge is 0.280 e. The summed E-state index contributed by atoms with van der Waals surface area (Å²) in [7, 11) is 0. The van der Waals surface area contributed by atoms with Gasteiger partial charge in [-0.3, -0.25) is 10.2 Å². The number of H-pyrrole nitrogens is 1. The number of hydrogen-bond acceptors (Lipinski definition) is 3. The van der Waals surface area contributed by atoms with Crippen LogP contribution in [0.4, 0.5) is 0 Å². The van der Waals surface area contributed by atoms with Crippen LogP contribution in [0.15, 0.2) is 54.0 Å². The quantitative estimate of drug-likeness (QED) is 0.725. The summed E-state index contributed by atoms with van der Waals surface area (Å²) in [4.78, 5) is 15.7. The summed E-state index contributed by atoms with van der Waals surface area (Å²) in [6, 6.07) is 13.4. The molecular formula is C14H11N3OS2. The van der Waals surface area contributed by atoms with Gasteiger partial charge in [0.25, 0.3) is 5.91 Å². The number of hydrogen-bond donors (Lipinski definition) is 2. The summed E-state index contributed by atoms with van der Waals surface area (Å²) in [5.74, 6) is -0.172. The van der Waals surface area contributed by atoms with Crippen LogP contribution in [0.2, 0.25) is 0 Å². The molecule has 3 aromatic rings. The Kier molecular flexibility index (Phi) is 3.49. The lowest BCUT2D eigenvalue weighted by Gasteiger charge is -2.03. The van der Waals surface area contributed by atoms with E-state index in [2.05, 4.69) is 10.4 Å². The van der Waals surface area contributed by atoms with E-state index in [1.807, 2.05) is 41.8 Å². The Morgan fingerprint density at radius 2 is 2.00 bits per heavy atom. The topological polar surface area (TPSA) is 49.8 Å². The second kappa shape index (κ2) is 5.44. The lowest BCUT2D eigenvalue weighted by molar-refractivity contribution is 0.101. The molecule has 2 aromatic heterocycles. The van der Waals surface area contributed by atoms with Crippen LogP contribution in [-0.2, 0) is 0 Å². The fourth-order valence-electron chi connectivity index (χ4n) is 1.82. The van der Waals surface area contributed by atoms with Gasteiger partial charge < -0.3 is 4.98 Å². The van der Waals surface area contributed by atoms with Gasteiger partial charge in [0.2, 0.25) is 0 Å². The molecule has 0 unspecified atom stereocenters. The molecule has 20 heavy (non-hydrogen) atoms. The van der Waals surface area contributed by atoms with Crippen LogP contribution < -0.4 is 5.43 Å². The summed E-state index contributed by atoms with van der Waals surface area (Å²) in [6.07, 6.45) is 1.78. The first kappa shape index (κ1) is 12.8. The monoisotopic (exact) mass is 301 g/mol. The van der Waals surface area contributed by atoms with Crippen LogP contribution in [0, 0.1) is 4.77 Å². The number of nitrogens with zero attached hydrogens (tertiary/aromatic N) is 1. The molecule has 0 fully saturated rings. The lowest BCUT2D eigenvalue weighted by atomic mass is 10.2. The van der Waals surface area contributed by atoms with Gasteiger partial charge in [0.15, 0.2) is 4.77 Å². The zero-order chi connectivity index (χ0) is 13.9. The number of aromatic amines is 1. The molecule has 4 nitrogen and oxygen atoms in total. The van der Waals surface area contributed by atoms with Crippen LogP contribution in [0.25, 0.3) is 11.3 Å². The third kappa shape index (κ3) is 2.56. The normalized spacial score (nSPS) is 10.4. The van der Waals surface area contributed by atoms with E-state index in [1.54, 1.807) is 12.3 Å². The minimum Gasteiger partial charge on any atom is -0.329 e. The van der Waals surface area contributed by atoms with Crippen molar-refractivity contribution < 1.29 is 4.79 Å². The molecule has 0 saturated carbocycles. The van der Waals surface area contributed by atoms with Crippen molar-refractivity contribution in [3.05, 3.63) is 63.7 Å². The number of carbonyl (C=O) groups excluding carboxylic acids is 1. The number of amides is 1. The van der Waals surface area contributed by atoms with Gasteiger partial charge in [-0.25, -0.2) is 4.68 Å². The Balaban J connectivity index is 1.87. The molecule has 0 atom stereocenters. The average molecular weight is 301 g/mol. The molecule has 0 radical (unpaired) electrons. The van der Waals surface area contributed by atoms with Crippen molar-refractivity contribution in [2.75, 3.05) is 5.43 Å². The molecule has 0 spiro atoms. The highest BCUT2D eigenvalue weighted by atomic mass is 32.1. The highest BCUT2D eigenvalue weighted by Gasteiger charge is 2.09. The maximum absolute atomic E-state index is 12.0. The summed E-state index contributed by atoms with van der Waals surface area (Å²) in [6.45, 7) is 0. The van der Waals surface area contributed by atoms with Gasteiger partial charge >= 0.3 is 0 Å². The largest absolute Gasteiger partial charge is 0.329 e. The van der Waals surface area contributed by atoms with Crippen molar-refractivity contribution in [2.24, 2.45) is 0 Å². The highest BCUT2D eigenvalue weighted by molar-refractivity contribution is 7.71. The molecule has 1 aromatic carbocycles. The predicted octanol–water partition coefficient (Wildman–Crippen LogP) is 3.66. The molecule has 2 N–H and O–H groups in total. The van der Waals surface area contributed by atoms with E-state index in [4.69, 9.17) is 12.2 Å². The van der Waals surface area contributed by atoms with Gasteiger partial charge in [-0.05, 0) is 29.2 Å². The molecule has 100 valence electrons. The number of imidazole rings is 1. The Labute approximate surface area is 124 Å². The van der Waals surface area contributed by atoms with Crippen molar-refractivity contribution in [1.29, 1.82) is 0 Å². The van der Waals surface area contributed by atoms with Crippen molar-refractivity contribution in [3.63, 3.8) is 0 Å². The standard InChI is InChI=1S/C14H11N3OS2/c18-13(12-7-4-8-20-12)16-17-9-11(15-14(17)19)10-5-2-1-3-6-10/h1-9H,(H,15,19)(H,16,18). The van der Waals surface area contributed by atoms with E-state index >= 15 is 0 Å². The average Bonchev–Trinajstić information content (AvgIpc) is 3.10. The summed E-state index contributed by atoms with van der Waals surface area (Å²) >= 11 is 6.61. The first-order chi connectivity index (χ1) is 9.74. The second-order valence-electron chi connectivity index (χ2n) is 4.13. The van der Waals surface area contributed by atoms with Crippen molar-refractivity contribution in [2.45, 2.75) is 0 Å². The van der Waals surface area contributed by atoms with E-state index in [9.17, 15) is 4.79 Å². The van der Waals surface area contributed by atoms with E-state index in [0.717, 1.165) is 11.3 Å². The maximum atomic E-state index is 12.0. The van der Waals surface area contributed by atoms with Crippen LogP contribution in [0.1, 0.15) is 9.67 Å². The SMILES string of the molecule is O=C(Nn1cc(-c2ccccc2)[nH]c1=S)c1cccs1. The molecule has 0 aliphatic carbocycles. The van der Waals surface area contributed by atoms with Crippen LogP contribution in [-0.4, -0.2) is 15.6 Å². The second-order valence-corrected chi connectivity index (χ2v) is 5.46. The first-order valence-corrected chi connectivity index (χ1v) is 7.25. The number of rotatable bonds is 3. The molecule has 2 heterocycles. The summed E-state index contributed by atoms with van der Waals surface area (Å²) in [5, 5.41) is 1.86. The number of thiophene rings is 1. The van der Waals surface area contributed by atoms with Gasteiger partial charge in [0.1, 0.15) is 0 Å². The first-order valence-electron chi connectivity index (χ1n) is 5.96. The van der Waals surface area contributed by atoms with E-state index < -0.39 is 0 Å². The molecular weight excluding hydrogens is 290 g/mol. The minimum atomic E-state index is -0.172. The van der Waals surface area contributed by atoms with Crippen LogP contribution >= 0.6 is 23.6 Å². The zero-order valence-electron chi connectivity index (χ0n) is 10.4. The van der Waals surface area contributed by atoms with Gasteiger partial charge in [-0.1, -0.05) is 36.4 Å². The number of aromatic nitrogens is 2. The Morgan fingerprint density at radius 3 is 2.70 bits per heavy atom. The Hall–Kier alpha value is -2.18. The van der Waals surface area contributed by atoms with Crippen LogP contribution in [0.3, 0.4) is 0 Å². The molecule has 3 rings (SSSR count). The summed E-state index contributed by atoms with van der Waals surface area (Å²) in [5.41, 5.74) is 4.63. The third-order valence-electron chi connectivity index (χ3n) is 2.77. The molecule has 0 aliphatic heterocycles. The summed E-state index contributed by atoms with van der Waals surface area (Å²) < 4.78 is 1.98. The van der Waals surface area contributed by atoms with Gasteiger partial charge in [-0.15, -0.1) is 11.3 Å². The zero-order valence-corrected chi connectivity index (χ0v) is 12.0. The molecule has 1 amide bonds. The van der Waals surface area contributed by atoms with E-state index in [0.29, 0.717) is 9.65 Å². The molecule has 6 heteroatoms. The Morgan fingerprint density at radius 1 is 1.20 bits per heavy atom. The molecule has 0 bridgehead atoms. The van der Waals surface area contributed by atoms with Crippen molar-refractivity contribution >= 4 is 29.5 Å².